The van der Waals surface area contributed by atoms with E-state index in [1.165, 1.54) is 4.88 Å². The number of hydrogen-bond donors (Lipinski definition) is 2. The lowest BCUT2D eigenvalue weighted by Crippen LogP contribution is -2.31. The number of nitrogens with one attached hydrogen (secondary N) is 2. The first-order valence-electron chi connectivity index (χ1n) is 13.0. The van der Waals surface area contributed by atoms with Crippen LogP contribution in [0.5, 0.6) is 11.5 Å². The first kappa shape index (κ1) is 23.5. The van der Waals surface area contributed by atoms with E-state index >= 15 is 0 Å². The van der Waals surface area contributed by atoms with Gasteiger partial charge in [0, 0.05) is 34.4 Å². The maximum atomic E-state index is 13.9. The number of rotatable bonds is 5. The number of ketones is 1. The normalized spacial score (nSPS) is 18.3. The lowest BCUT2D eigenvalue weighted by atomic mass is 9.74. The topological polar surface area (TPSA) is 76.1 Å². The molecule has 0 spiro atoms. The maximum Gasteiger partial charge on any atom is 0.277 e. The average molecular weight is 532 g/mol. The molecule has 2 N–H and O–H groups in total. The maximum absolute atomic E-state index is 13.9. The fourth-order valence-corrected chi connectivity index (χ4v) is 6.52. The minimum atomic E-state index is -0.513. The van der Waals surface area contributed by atoms with E-state index in [4.69, 9.17) is 4.74 Å². The van der Waals surface area contributed by atoms with Gasteiger partial charge in [-0.05, 0) is 59.8 Å². The number of Topliss-reactive ketones (excluding diaryl/α,β-unsaturated/α-hetero) is 1. The third-order valence-corrected chi connectivity index (χ3v) is 8.45. The zero-order valence-electron chi connectivity index (χ0n) is 21.0. The molecule has 0 amide bonds. The van der Waals surface area contributed by atoms with Crippen molar-refractivity contribution in [1.29, 1.82) is 0 Å². The van der Waals surface area contributed by atoms with Crippen molar-refractivity contribution in [3.8, 4) is 17.2 Å². The summed E-state index contributed by atoms with van der Waals surface area (Å²) in [6, 6.07) is 30.9. The number of ether oxygens (including phenoxy) is 1. The fraction of sp³-hybridized carbons (Fsp3) is 0.125. The Labute approximate surface area is 229 Å². The van der Waals surface area contributed by atoms with Gasteiger partial charge in [-0.15, -0.1) is 11.3 Å². The highest BCUT2D eigenvalue weighted by molar-refractivity contribution is 7.10. The predicted octanol–water partition coefficient (Wildman–Crippen LogP) is 6.98. The molecule has 0 bridgehead atoms. The molecule has 2 atom stereocenters. The highest BCUT2D eigenvalue weighted by Gasteiger charge is 2.41. The van der Waals surface area contributed by atoms with Crippen molar-refractivity contribution < 1.29 is 9.53 Å². The Morgan fingerprint density at radius 1 is 0.821 bits per heavy atom. The zero-order chi connectivity index (χ0) is 26.3. The van der Waals surface area contributed by atoms with Crippen LogP contribution in [0.3, 0.4) is 0 Å². The van der Waals surface area contributed by atoms with Gasteiger partial charge in [0.2, 0.25) is 0 Å². The smallest absolute Gasteiger partial charge is 0.277 e. The van der Waals surface area contributed by atoms with E-state index in [2.05, 4.69) is 21.9 Å². The number of carbonyl (C=O) groups excluding carboxylic acids is 1. The summed E-state index contributed by atoms with van der Waals surface area (Å²) in [7, 11) is 0. The number of para-hydroxylation sites is 2. The molecular weight excluding hydrogens is 506 g/mol. The molecule has 1 aliphatic carbocycles. The van der Waals surface area contributed by atoms with Gasteiger partial charge in [0.15, 0.2) is 5.78 Å². The van der Waals surface area contributed by atoms with Gasteiger partial charge in [0.05, 0.1) is 11.3 Å². The molecule has 0 fully saturated rings. The predicted molar refractivity (Wildman–Crippen MR) is 153 cm³/mol. The molecule has 1 aliphatic heterocycles. The molecule has 192 valence electrons. The third-order valence-electron chi connectivity index (χ3n) is 7.42. The van der Waals surface area contributed by atoms with Crippen molar-refractivity contribution in [2.75, 3.05) is 5.32 Å². The second-order valence-electron chi connectivity index (χ2n) is 9.86. The summed E-state index contributed by atoms with van der Waals surface area (Å²) in [5, 5.41) is 8.80. The fourth-order valence-electron chi connectivity index (χ4n) is 5.69. The Hall–Kier alpha value is -4.62. The summed E-state index contributed by atoms with van der Waals surface area (Å²) in [5.41, 5.74) is 3.49. The van der Waals surface area contributed by atoms with Crippen molar-refractivity contribution in [2.45, 2.75) is 24.7 Å². The number of anilines is 1. The van der Waals surface area contributed by atoms with E-state index in [1.807, 2.05) is 91.0 Å². The lowest BCUT2D eigenvalue weighted by molar-refractivity contribution is -0.116. The van der Waals surface area contributed by atoms with E-state index < -0.39 is 5.92 Å². The minimum Gasteiger partial charge on any atom is -0.457 e. The molecule has 0 saturated carbocycles. The molecular formula is C32H25N3O3S. The highest BCUT2D eigenvalue weighted by Crippen LogP contribution is 2.47. The number of aromatic amines is 1. The molecule has 3 heterocycles. The summed E-state index contributed by atoms with van der Waals surface area (Å²) in [6.45, 7) is 0. The van der Waals surface area contributed by atoms with Gasteiger partial charge in [-0.1, -0.05) is 54.6 Å². The molecule has 39 heavy (non-hydrogen) atoms. The summed E-state index contributed by atoms with van der Waals surface area (Å²) < 4.78 is 7.68. The third kappa shape index (κ3) is 4.21. The Balaban J connectivity index is 1.37. The molecule has 0 radical (unpaired) electrons. The number of thiophene rings is 1. The van der Waals surface area contributed by atoms with Crippen LogP contribution < -0.4 is 15.6 Å². The number of aromatic nitrogens is 2. The van der Waals surface area contributed by atoms with Crippen LogP contribution in [-0.2, 0) is 4.79 Å². The lowest BCUT2D eigenvalue weighted by Gasteiger charge is -2.34. The molecule has 3 aromatic carbocycles. The van der Waals surface area contributed by atoms with E-state index in [9.17, 15) is 9.59 Å². The summed E-state index contributed by atoms with van der Waals surface area (Å²) in [6.07, 6.45) is 1.13. The standard InChI is InChI=1S/C32H25N3O3S/c36-26-19-21(27-15-8-16-39-27)18-25-29(26)28(20-9-7-14-24(17-20)38-23-12-5-2-6-13-23)30-31(33-25)34-35(32(30)37)22-10-3-1-4-11-22/h1-17,21,28,33-34H,18-19H2. The molecule has 2 unspecified atom stereocenters. The van der Waals surface area contributed by atoms with E-state index in [1.54, 1.807) is 16.0 Å². The Kier molecular flexibility index (Phi) is 5.78. The number of fused-ring (bicyclic) bond motifs is 1. The van der Waals surface area contributed by atoms with E-state index in [0.717, 1.165) is 22.7 Å². The Morgan fingerprint density at radius 3 is 2.36 bits per heavy atom. The molecule has 2 aliphatic rings. The van der Waals surface area contributed by atoms with Gasteiger partial charge < -0.3 is 10.1 Å². The molecule has 7 heteroatoms. The van der Waals surface area contributed by atoms with Crippen LogP contribution in [0.25, 0.3) is 5.69 Å². The molecule has 6 nitrogen and oxygen atoms in total. The number of benzene rings is 3. The molecule has 7 rings (SSSR count). The molecule has 5 aromatic rings. The van der Waals surface area contributed by atoms with Crippen LogP contribution in [0.4, 0.5) is 5.82 Å². The van der Waals surface area contributed by atoms with Crippen molar-refractivity contribution in [2.24, 2.45) is 0 Å². The molecule has 2 aromatic heterocycles. The Bertz CT molecular complexity index is 1750. The summed E-state index contributed by atoms with van der Waals surface area (Å²) in [5.74, 6) is 1.67. The quantitative estimate of drug-likeness (QED) is 0.257. The number of carbonyl (C=O) groups is 1. The average Bonchev–Trinajstić information content (AvgIpc) is 3.62. The van der Waals surface area contributed by atoms with Crippen LogP contribution in [0, 0.1) is 0 Å². The van der Waals surface area contributed by atoms with Gasteiger partial charge in [0.1, 0.15) is 17.3 Å². The van der Waals surface area contributed by atoms with Crippen molar-refractivity contribution in [1.82, 2.24) is 9.78 Å². The Morgan fingerprint density at radius 2 is 1.59 bits per heavy atom. The highest BCUT2D eigenvalue weighted by atomic mass is 32.1. The monoisotopic (exact) mass is 531 g/mol. The van der Waals surface area contributed by atoms with Crippen LogP contribution in [0.2, 0.25) is 0 Å². The van der Waals surface area contributed by atoms with Crippen molar-refractivity contribution in [3.63, 3.8) is 0 Å². The SMILES string of the molecule is O=C1CC(c2cccs2)CC2=C1C(c1cccc(Oc3ccccc3)c1)c1c([nH]n(-c3ccccc3)c1=O)N2. The second-order valence-corrected chi connectivity index (χ2v) is 10.8. The van der Waals surface area contributed by atoms with Crippen LogP contribution in [-0.4, -0.2) is 15.6 Å². The van der Waals surface area contributed by atoms with Crippen LogP contribution in [0.15, 0.2) is 119 Å². The summed E-state index contributed by atoms with van der Waals surface area (Å²) >= 11 is 1.68. The number of nitrogens with zero attached hydrogens (tertiary/aromatic N) is 1. The first-order valence-corrected chi connectivity index (χ1v) is 13.8. The van der Waals surface area contributed by atoms with Gasteiger partial charge in [-0.3, -0.25) is 14.7 Å². The van der Waals surface area contributed by atoms with E-state index in [-0.39, 0.29) is 17.3 Å². The molecule has 0 saturated heterocycles. The number of H-pyrrole nitrogens is 1. The van der Waals surface area contributed by atoms with Crippen molar-refractivity contribution in [3.05, 3.63) is 140 Å². The largest absolute Gasteiger partial charge is 0.457 e. The van der Waals surface area contributed by atoms with Crippen molar-refractivity contribution >= 4 is 22.9 Å². The second kappa shape index (κ2) is 9.60. The number of allylic oxidation sites excluding steroid dienone is 2. The van der Waals surface area contributed by atoms with Gasteiger partial charge >= 0.3 is 0 Å². The van der Waals surface area contributed by atoms with Gasteiger partial charge in [-0.25, -0.2) is 4.68 Å². The van der Waals surface area contributed by atoms with Crippen LogP contribution >= 0.6 is 11.3 Å². The summed E-state index contributed by atoms with van der Waals surface area (Å²) in [4.78, 5) is 29.0. The van der Waals surface area contributed by atoms with Crippen LogP contribution in [0.1, 0.15) is 40.7 Å². The number of hydrogen-bond acceptors (Lipinski definition) is 5. The van der Waals surface area contributed by atoms with Gasteiger partial charge in [0.25, 0.3) is 5.56 Å². The minimum absolute atomic E-state index is 0.0686. The first-order chi connectivity index (χ1) is 19.2. The zero-order valence-corrected chi connectivity index (χ0v) is 21.8. The van der Waals surface area contributed by atoms with Gasteiger partial charge in [-0.2, -0.15) is 0 Å². The van der Waals surface area contributed by atoms with E-state index in [0.29, 0.717) is 35.5 Å².